The molecule has 3 heterocycles. The second-order valence-electron chi connectivity index (χ2n) is 8.02. The Bertz CT molecular complexity index is 1130. The maximum Gasteiger partial charge on any atom is 0.224 e. The zero-order chi connectivity index (χ0) is 23.4. The number of rotatable bonds is 8. The van der Waals surface area contributed by atoms with Crippen molar-refractivity contribution < 1.29 is 9.53 Å². The Hall–Kier alpha value is -3.23. The van der Waals surface area contributed by atoms with Crippen molar-refractivity contribution in [1.82, 2.24) is 14.9 Å². The third-order valence-electron chi connectivity index (χ3n) is 5.89. The first-order valence-electron chi connectivity index (χ1n) is 11.1. The van der Waals surface area contributed by atoms with Crippen molar-refractivity contribution in [2.24, 2.45) is 0 Å². The Kier molecular flexibility index (Phi) is 7.05. The lowest BCUT2D eigenvalue weighted by atomic mass is 10.0. The molecule has 0 saturated carbocycles. The van der Waals surface area contributed by atoms with Crippen LogP contribution in [-0.4, -0.2) is 34.3 Å². The molecule has 4 rings (SSSR count). The van der Waals surface area contributed by atoms with E-state index in [1.807, 2.05) is 44.2 Å². The van der Waals surface area contributed by atoms with E-state index < -0.39 is 0 Å². The monoisotopic (exact) mass is 463 g/mol. The number of aryl methyl sites for hydroxylation is 1. The number of methoxy groups -OCH3 is 1. The molecule has 8 heteroatoms. The largest absolute Gasteiger partial charge is 0.383 e. The maximum atomic E-state index is 11.9. The van der Waals surface area contributed by atoms with E-state index in [4.69, 9.17) is 17.0 Å². The van der Waals surface area contributed by atoms with Crippen LogP contribution in [0.4, 0.5) is 11.4 Å². The topological polar surface area (TPSA) is 71.4 Å². The average molecular weight is 464 g/mol. The second-order valence-corrected chi connectivity index (χ2v) is 8.40. The van der Waals surface area contributed by atoms with Gasteiger partial charge in [-0.25, -0.2) is 0 Å². The molecule has 172 valence electrons. The average Bonchev–Trinajstić information content (AvgIpc) is 3.43. The van der Waals surface area contributed by atoms with Crippen molar-refractivity contribution in [3.05, 3.63) is 77.9 Å². The minimum absolute atomic E-state index is 0.00623. The van der Waals surface area contributed by atoms with E-state index in [0.29, 0.717) is 18.1 Å². The number of nitrogens with one attached hydrogen (secondary N) is 2. The Morgan fingerprint density at radius 3 is 2.79 bits per heavy atom. The Morgan fingerprint density at radius 1 is 1.24 bits per heavy atom. The molecule has 2 atom stereocenters. The first-order chi connectivity index (χ1) is 16.0. The number of ether oxygens (including phenoxy) is 1. The molecule has 0 radical (unpaired) electrons. The van der Waals surface area contributed by atoms with Gasteiger partial charge in [0.1, 0.15) is 6.04 Å². The van der Waals surface area contributed by atoms with Gasteiger partial charge in [-0.15, -0.1) is 0 Å². The molecule has 1 aromatic carbocycles. The van der Waals surface area contributed by atoms with Crippen LogP contribution in [-0.2, 0) is 16.1 Å². The van der Waals surface area contributed by atoms with Gasteiger partial charge in [-0.2, -0.15) is 0 Å². The van der Waals surface area contributed by atoms with Crippen LogP contribution >= 0.6 is 12.2 Å². The van der Waals surface area contributed by atoms with Crippen LogP contribution in [0.5, 0.6) is 0 Å². The van der Waals surface area contributed by atoms with Gasteiger partial charge < -0.3 is 24.8 Å². The van der Waals surface area contributed by atoms with Crippen LogP contribution in [0.2, 0.25) is 0 Å². The van der Waals surface area contributed by atoms with Crippen LogP contribution in [0.15, 0.2) is 60.9 Å². The third kappa shape index (κ3) is 4.77. The standard InChI is InChI=1S/C25H29N5O2S/c1-4-22(31)27-19-11-10-18(16-17(19)2)30-24(21-9-7-13-29(21)14-15-32-3)23(28-25(30)33)20-8-5-6-12-26-20/h5-13,16,23-24H,4,14-15H2,1-3H3,(H,27,31)(H,28,33)/t23-,24+/m0/s1. The fourth-order valence-corrected chi connectivity index (χ4v) is 4.54. The van der Waals surface area contributed by atoms with Gasteiger partial charge in [-0.05, 0) is 67.2 Å². The molecule has 1 aliphatic heterocycles. The van der Waals surface area contributed by atoms with Gasteiger partial charge in [0.25, 0.3) is 0 Å². The van der Waals surface area contributed by atoms with Gasteiger partial charge in [0.15, 0.2) is 5.11 Å². The zero-order valence-corrected chi connectivity index (χ0v) is 19.9. The number of hydrogen-bond acceptors (Lipinski definition) is 4. The van der Waals surface area contributed by atoms with Crippen LogP contribution in [0, 0.1) is 6.92 Å². The molecular weight excluding hydrogens is 434 g/mol. The van der Waals surface area contributed by atoms with E-state index in [1.165, 1.54) is 0 Å². The van der Waals surface area contributed by atoms with Crippen molar-refractivity contribution >= 4 is 34.6 Å². The van der Waals surface area contributed by atoms with Gasteiger partial charge in [-0.3, -0.25) is 9.78 Å². The number of hydrogen-bond donors (Lipinski definition) is 2. The van der Waals surface area contributed by atoms with Crippen LogP contribution in [0.25, 0.3) is 0 Å². The van der Waals surface area contributed by atoms with E-state index in [9.17, 15) is 4.79 Å². The number of carbonyl (C=O) groups excluding carboxylic acids is 1. The van der Waals surface area contributed by atoms with Gasteiger partial charge in [0, 0.05) is 49.5 Å². The van der Waals surface area contributed by atoms with Gasteiger partial charge in [0.2, 0.25) is 5.91 Å². The van der Waals surface area contributed by atoms with Gasteiger partial charge >= 0.3 is 0 Å². The fraction of sp³-hybridized carbons (Fsp3) is 0.320. The number of anilines is 2. The molecule has 0 spiro atoms. The molecule has 1 amide bonds. The van der Waals surface area contributed by atoms with E-state index in [2.05, 4.69) is 49.5 Å². The highest BCUT2D eigenvalue weighted by Crippen LogP contribution is 2.42. The summed E-state index contributed by atoms with van der Waals surface area (Å²) in [6, 6.07) is 15.9. The Morgan fingerprint density at radius 2 is 2.09 bits per heavy atom. The number of carbonyl (C=O) groups is 1. The zero-order valence-electron chi connectivity index (χ0n) is 19.1. The van der Waals surface area contributed by atoms with E-state index in [1.54, 1.807) is 13.3 Å². The minimum Gasteiger partial charge on any atom is -0.383 e. The van der Waals surface area contributed by atoms with Crippen molar-refractivity contribution in [1.29, 1.82) is 0 Å². The molecular formula is C25H29N5O2S. The van der Waals surface area contributed by atoms with Gasteiger partial charge in [-0.1, -0.05) is 13.0 Å². The molecule has 2 N–H and O–H groups in total. The summed E-state index contributed by atoms with van der Waals surface area (Å²) < 4.78 is 7.53. The summed E-state index contributed by atoms with van der Waals surface area (Å²) >= 11 is 5.83. The molecule has 3 aromatic rings. The van der Waals surface area contributed by atoms with Crippen LogP contribution in [0.3, 0.4) is 0 Å². The molecule has 1 aliphatic rings. The highest BCUT2D eigenvalue weighted by atomic mass is 32.1. The predicted molar refractivity (Wildman–Crippen MR) is 134 cm³/mol. The van der Waals surface area contributed by atoms with E-state index >= 15 is 0 Å². The summed E-state index contributed by atoms with van der Waals surface area (Å²) in [5.41, 5.74) is 4.80. The highest BCUT2D eigenvalue weighted by Gasteiger charge is 2.42. The predicted octanol–water partition coefficient (Wildman–Crippen LogP) is 4.36. The Balaban J connectivity index is 1.76. The van der Waals surface area contributed by atoms with Crippen molar-refractivity contribution in [3.63, 3.8) is 0 Å². The smallest absolute Gasteiger partial charge is 0.224 e. The lowest BCUT2D eigenvalue weighted by Gasteiger charge is -2.29. The molecule has 7 nitrogen and oxygen atoms in total. The first kappa shape index (κ1) is 22.9. The minimum atomic E-state index is -0.116. The SMILES string of the molecule is CCC(=O)Nc1ccc(N2C(=S)N[C@@H](c3ccccn3)[C@H]2c2cccn2CCOC)cc1C. The van der Waals surface area contributed by atoms with Crippen molar-refractivity contribution in [2.75, 3.05) is 23.9 Å². The molecule has 0 bridgehead atoms. The number of aromatic nitrogens is 2. The number of benzene rings is 1. The molecule has 1 saturated heterocycles. The molecule has 33 heavy (non-hydrogen) atoms. The first-order valence-corrected chi connectivity index (χ1v) is 11.5. The molecule has 0 unspecified atom stereocenters. The summed E-state index contributed by atoms with van der Waals surface area (Å²) in [6.45, 7) is 5.19. The van der Waals surface area contributed by atoms with Crippen molar-refractivity contribution in [2.45, 2.75) is 38.9 Å². The fourth-order valence-electron chi connectivity index (χ4n) is 4.20. The van der Waals surface area contributed by atoms with Gasteiger partial charge in [0.05, 0.1) is 18.3 Å². The second kappa shape index (κ2) is 10.1. The maximum absolute atomic E-state index is 11.9. The van der Waals surface area contributed by atoms with Crippen LogP contribution in [0.1, 0.15) is 42.4 Å². The number of thiocarbonyl (C=S) groups is 1. The Labute approximate surface area is 199 Å². The quantitative estimate of drug-likeness (QED) is 0.484. The molecule has 0 aliphatic carbocycles. The summed E-state index contributed by atoms with van der Waals surface area (Å²) in [4.78, 5) is 18.6. The summed E-state index contributed by atoms with van der Waals surface area (Å²) in [6.07, 6.45) is 4.31. The third-order valence-corrected chi connectivity index (χ3v) is 6.20. The normalized spacial score (nSPS) is 17.8. The van der Waals surface area contributed by atoms with Crippen LogP contribution < -0.4 is 15.5 Å². The van der Waals surface area contributed by atoms with E-state index in [-0.39, 0.29) is 18.0 Å². The summed E-state index contributed by atoms with van der Waals surface area (Å²) in [7, 11) is 1.71. The number of nitrogens with zero attached hydrogens (tertiary/aromatic N) is 3. The summed E-state index contributed by atoms with van der Waals surface area (Å²) in [5, 5.41) is 7.10. The lowest BCUT2D eigenvalue weighted by molar-refractivity contribution is -0.115. The number of pyridine rings is 1. The number of amides is 1. The van der Waals surface area contributed by atoms with E-state index in [0.717, 1.165) is 34.9 Å². The molecule has 1 fully saturated rings. The summed E-state index contributed by atoms with van der Waals surface area (Å²) in [5.74, 6) is -0.00623. The lowest BCUT2D eigenvalue weighted by Crippen LogP contribution is -2.30. The van der Waals surface area contributed by atoms with Crippen molar-refractivity contribution in [3.8, 4) is 0 Å². The highest BCUT2D eigenvalue weighted by molar-refractivity contribution is 7.80. The molecule has 2 aromatic heterocycles.